The van der Waals surface area contributed by atoms with Crippen LogP contribution in [0.5, 0.6) is 0 Å². The molecular weight excluding hydrogens is 312 g/mol. The molecule has 0 spiro atoms. The van der Waals surface area contributed by atoms with Gasteiger partial charge in [-0.05, 0) is 30.7 Å². The van der Waals surface area contributed by atoms with Gasteiger partial charge in [-0.25, -0.2) is 4.98 Å². The fourth-order valence-corrected chi connectivity index (χ4v) is 3.14. The van der Waals surface area contributed by atoms with E-state index in [0.717, 1.165) is 41.7 Å². The maximum absolute atomic E-state index is 5.99. The van der Waals surface area contributed by atoms with Gasteiger partial charge in [0.15, 0.2) is 17.5 Å². The van der Waals surface area contributed by atoms with Crippen LogP contribution in [-0.4, -0.2) is 30.9 Å². The lowest BCUT2D eigenvalue weighted by Gasteiger charge is -2.29. The van der Waals surface area contributed by atoms with Gasteiger partial charge in [-0.1, -0.05) is 18.5 Å². The fraction of sp³-hybridized carbons (Fsp3) is 0.312. The van der Waals surface area contributed by atoms with Gasteiger partial charge >= 0.3 is 0 Å². The fourth-order valence-electron chi connectivity index (χ4n) is 3.02. The smallest absolute Gasteiger partial charge is 0.186 e. The Hall–Kier alpha value is -2.34. The molecule has 3 aromatic rings. The van der Waals surface area contributed by atoms with Crippen molar-refractivity contribution in [1.29, 1.82) is 0 Å². The van der Waals surface area contributed by atoms with Crippen LogP contribution in [0.15, 0.2) is 30.6 Å². The number of imidazole rings is 1. The van der Waals surface area contributed by atoms with Gasteiger partial charge in [0.2, 0.25) is 0 Å². The lowest BCUT2D eigenvalue weighted by atomic mass is 10.2. The van der Waals surface area contributed by atoms with Crippen molar-refractivity contribution in [3.05, 3.63) is 35.6 Å². The topological polar surface area (TPSA) is 51.8 Å². The summed E-state index contributed by atoms with van der Waals surface area (Å²) in [7, 11) is 1.99. The molecule has 7 heteroatoms. The summed E-state index contributed by atoms with van der Waals surface area (Å²) < 4.78 is 4.15. The van der Waals surface area contributed by atoms with E-state index in [1.807, 2.05) is 42.2 Å². The number of fused-ring (bicyclic) bond motifs is 3. The number of halogens is 1. The van der Waals surface area contributed by atoms with Gasteiger partial charge in [-0.2, -0.15) is 0 Å². The highest BCUT2D eigenvalue weighted by atomic mass is 35.5. The van der Waals surface area contributed by atoms with Crippen LogP contribution in [-0.2, 0) is 13.7 Å². The molecule has 23 heavy (non-hydrogen) atoms. The van der Waals surface area contributed by atoms with Crippen molar-refractivity contribution < 1.29 is 0 Å². The Morgan fingerprint density at radius 3 is 2.61 bits per heavy atom. The Morgan fingerprint density at radius 2 is 1.87 bits per heavy atom. The van der Waals surface area contributed by atoms with E-state index in [1.54, 1.807) is 0 Å². The van der Waals surface area contributed by atoms with E-state index < -0.39 is 0 Å². The molecule has 0 amide bonds. The van der Waals surface area contributed by atoms with Gasteiger partial charge in [-0.3, -0.25) is 4.57 Å². The number of aryl methyl sites for hydroxylation is 1. The zero-order valence-electron chi connectivity index (χ0n) is 13.1. The van der Waals surface area contributed by atoms with Crippen LogP contribution in [0.4, 0.5) is 5.82 Å². The van der Waals surface area contributed by atoms with Crippen LogP contribution in [0, 0.1) is 0 Å². The first-order valence-corrected chi connectivity index (χ1v) is 8.02. The Morgan fingerprint density at radius 1 is 1.13 bits per heavy atom. The zero-order valence-corrected chi connectivity index (χ0v) is 13.8. The van der Waals surface area contributed by atoms with Crippen molar-refractivity contribution in [2.24, 2.45) is 7.05 Å². The first kappa shape index (κ1) is 14.3. The Balaban J connectivity index is 1.86. The molecule has 0 bridgehead atoms. The Kier molecular flexibility index (Phi) is 3.34. The molecular formula is C16H17ClN6. The molecule has 6 nitrogen and oxygen atoms in total. The summed E-state index contributed by atoms with van der Waals surface area (Å²) in [5, 5.41) is 9.55. The van der Waals surface area contributed by atoms with Gasteiger partial charge < -0.3 is 9.47 Å². The molecule has 1 aromatic carbocycles. The number of hydrogen-bond acceptors (Lipinski definition) is 4. The van der Waals surface area contributed by atoms with E-state index in [2.05, 4.69) is 31.6 Å². The molecule has 0 unspecified atom stereocenters. The van der Waals surface area contributed by atoms with Crippen molar-refractivity contribution in [3.63, 3.8) is 0 Å². The summed E-state index contributed by atoms with van der Waals surface area (Å²) in [6.07, 6.45) is 2.89. The van der Waals surface area contributed by atoms with Crippen molar-refractivity contribution >= 4 is 17.4 Å². The highest BCUT2D eigenvalue weighted by molar-refractivity contribution is 6.30. The molecule has 118 valence electrons. The predicted molar refractivity (Wildman–Crippen MR) is 90.3 cm³/mol. The average molecular weight is 329 g/mol. The molecule has 1 aliphatic rings. The van der Waals surface area contributed by atoms with Crippen LogP contribution < -0.4 is 4.90 Å². The second-order valence-electron chi connectivity index (χ2n) is 5.71. The van der Waals surface area contributed by atoms with Crippen LogP contribution in [0.25, 0.3) is 22.9 Å². The number of hydrogen-bond donors (Lipinski definition) is 0. The van der Waals surface area contributed by atoms with E-state index in [-0.39, 0.29) is 0 Å². The molecule has 4 rings (SSSR count). The quantitative estimate of drug-likeness (QED) is 0.741. The highest BCUT2D eigenvalue weighted by Crippen LogP contribution is 2.35. The maximum Gasteiger partial charge on any atom is 0.186 e. The van der Waals surface area contributed by atoms with Crippen molar-refractivity contribution in [2.75, 3.05) is 11.4 Å². The number of nitrogens with zero attached hydrogens (tertiary/aromatic N) is 6. The minimum absolute atomic E-state index is 0.706. The molecule has 0 saturated heterocycles. The third-order valence-electron chi connectivity index (χ3n) is 4.09. The van der Waals surface area contributed by atoms with Gasteiger partial charge in [0.25, 0.3) is 0 Å². The summed E-state index contributed by atoms with van der Waals surface area (Å²) in [6, 6.07) is 7.70. The summed E-state index contributed by atoms with van der Waals surface area (Å²) >= 11 is 5.99. The summed E-state index contributed by atoms with van der Waals surface area (Å²) in [6.45, 7) is 3.82. The molecule has 3 heterocycles. The third kappa shape index (κ3) is 2.21. The molecule has 0 atom stereocenters. The first-order valence-electron chi connectivity index (χ1n) is 7.64. The van der Waals surface area contributed by atoms with Crippen molar-refractivity contribution in [2.45, 2.75) is 20.0 Å². The molecule has 0 aliphatic carbocycles. The lowest BCUT2D eigenvalue weighted by Crippen LogP contribution is -2.32. The van der Waals surface area contributed by atoms with E-state index >= 15 is 0 Å². The molecule has 0 saturated carbocycles. The van der Waals surface area contributed by atoms with Crippen LogP contribution in [0.3, 0.4) is 0 Å². The standard InChI is InChI=1S/C16H17ClN6/c1-3-8-22-10-23-14(11-4-6-12(17)7-5-11)19-20-16(23)13-15(22)18-9-21(13)2/h4-7,9H,3,8,10H2,1-2H3. The Bertz CT molecular complexity index is 848. The Labute approximate surface area is 139 Å². The minimum atomic E-state index is 0.706. The number of rotatable bonds is 3. The molecule has 2 aromatic heterocycles. The largest absolute Gasteiger partial charge is 0.337 e. The summed E-state index contributed by atoms with van der Waals surface area (Å²) in [5.74, 6) is 2.69. The van der Waals surface area contributed by atoms with Gasteiger partial charge in [-0.15, -0.1) is 10.2 Å². The van der Waals surface area contributed by atoms with Gasteiger partial charge in [0, 0.05) is 24.2 Å². The second kappa shape index (κ2) is 5.38. The summed E-state index contributed by atoms with van der Waals surface area (Å²) in [4.78, 5) is 6.81. The highest BCUT2D eigenvalue weighted by Gasteiger charge is 2.29. The van der Waals surface area contributed by atoms with Crippen LogP contribution >= 0.6 is 11.6 Å². The number of benzene rings is 1. The number of anilines is 1. The SMILES string of the molecule is CCCN1Cn2c(-c3ccc(Cl)cc3)nnc2-c2c1ncn2C. The molecule has 1 aliphatic heterocycles. The first-order chi connectivity index (χ1) is 11.2. The molecule has 0 N–H and O–H groups in total. The van der Waals surface area contributed by atoms with Crippen LogP contribution in [0.2, 0.25) is 5.02 Å². The summed E-state index contributed by atoms with van der Waals surface area (Å²) in [5.41, 5.74) is 2.02. The van der Waals surface area contributed by atoms with Gasteiger partial charge in [0.05, 0.1) is 13.0 Å². The molecule has 0 fully saturated rings. The van der Waals surface area contributed by atoms with Crippen molar-refractivity contribution in [3.8, 4) is 22.9 Å². The molecule has 0 radical (unpaired) electrons. The monoisotopic (exact) mass is 328 g/mol. The normalized spacial score (nSPS) is 13.1. The van der Waals surface area contributed by atoms with E-state index in [4.69, 9.17) is 11.6 Å². The van der Waals surface area contributed by atoms with E-state index in [9.17, 15) is 0 Å². The van der Waals surface area contributed by atoms with E-state index in [0.29, 0.717) is 11.7 Å². The van der Waals surface area contributed by atoms with Crippen LogP contribution in [0.1, 0.15) is 13.3 Å². The lowest BCUT2D eigenvalue weighted by molar-refractivity contribution is 0.616. The maximum atomic E-state index is 5.99. The second-order valence-corrected chi connectivity index (χ2v) is 6.15. The van der Waals surface area contributed by atoms with Crippen molar-refractivity contribution in [1.82, 2.24) is 24.3 Å². The predicted octanol–water partition coefficient (Wildman–Crippen LogP) is 3.19. The zero-order chi connectivity index (χ0) is 16.0. The van der Waals surface area contributed by atoms with Gasteiger partial charge in [0.1, 0.15) is 5.69 Å². The third-order valence-corrected chi connectivity index (χ3v) is 4.34. The van der Waals surface area contributed by atoms with E-state index in [1.165, 1.54) is 0 Å². The number of aromatic nitrogens is 5. The average Bonchev–Trinajstić information content (AvgIpc) is 3.13. The minimum Gasteiger partial charge on any atom is -0.337 e.